The first kappa shape index (κ1) is 21.7. The fraction of sp³-hybridized carbons (Fsp3) is 0.231. The molecule has 1 saturated heterocycles. The largest absolute Gasteiger partial charge is 0.352 e. The number of carbonyl (C=O) groups is 2. The zero-order valence-electron chi connectivity index (χ0n) is 17.5. The highest BCUT2D eigenvalue weighted by molar-refractivity contribution is 5.94. The van der Waals surface area contributed by atoms with Gasteiger partial charge in [-0.15, -0.1) is 0 Å². The van der Waals surface area contributed by atoms with E-state index in [1.807, 2.05) is 30.3 Å². The van der Waals surface area contributed by atoms with Crippen LogP contribution in [0.1, 0.15) is 33.8 Å². The molecule has 1 heterocycles. The Morgan fingerprint density at radius 3 is 2.31 bits per heavy atom. The molecule has 0 bridgehead atoms. The average molecular weight is 434 g/mol. The third kappa shape index (κ3) is 5.19. The highest BCUT2D eigenvalue weighted by Crippen LogP contribution is 2.31. The standard InChI is InChI=1S/C26H24F2N2O2/c27-23-10-4-6-18(12-23)15-29-25(31)22-13-21(19-7-2-1-3-8-19)16-30(17-22)26(32)20-9-5-11-24(28)14-20/h1-12,14,21-22H,13,15-17H2,(H,29,31)/t21-,22-/m1/s1. The molecule has 0 saturated carbocycles. The first-order valence-corrected chi connectivity index (χ1v) is 10.6. The number of benzene rings is 3. The minimum absolute atomic E-state index is 0.0209. The van der Waals surface area contributed by atoms with E-state index in [-0.39, 0.29) is 42.2 Å². The minimum atomic E-state index is -0.475. The summed E-state index contributed by atoms with van der Waals surface area (Å²) in [6, 6.07) is 21.4. The molecule has 4 rings (SSSR count). The first-order valence-electron chi connectivity index (χ1n) is 10.6. The molecule has 2 amide bonds. The van der Waals surface area contributed by atoms with Crippen molar-refractivity contribution in [1.29, 1.82) is 0 Å². The van der Waals surface area contributed by atoms with Gasteiger partial charge in [-0.1, -0.05) is 48.5 Å². The lowest BCUT2D eigenvalue weighted by Crippen LogP contribution is -2.48. The molecule has 1 aliphatic heterocycles. The smallest absolute Gasteiger partial charge is 0.253 e. The van der Waals surface area contributed by atoms with E-state index in [0.717, 1.165) is 5.56 Å². The summed E-state index contributed by atoms with van der Waals surface area (Å²) in [5, 5.41) is 2.87. The second-order valence-corrected chi connectivity index (χ2v) is 8.11. The van der Waals surface area contributed by atoms with Gasteiger partial charge in [-0.2, -0.15) is 0 Å². The molecular formula is C26H24F2N2O2. The monoisotopic (exact) mass is 434 g/mol. The number of nitrogens with zero attached hydrogens (tertiary/aromatic N) is 1. The number of carbonyl (C=O) groups excluding carboxylic acids is 2. The molecule has 32 heavy (non-hydrogen) atoms. The molecule has 0 spiro atoms. The SMILES string of the molecule is O=C(NCc1cccc(F)c1)[C@@H]1C[C@@H](c2ccccc2)CN(C(=O)c2cccc(F)c2)C1. The number of likely N-dealkylation sites (tertiary alicyclic amines) is 1. The van der Waals surface area contributed by atoms with Crippen molar-refractivity contribution >= 4 is 11.8 Å². The Morgan fingerprint density at radius 2 is 1.59 bits per heavy atom. The van der Waals surface area contributed by atoms with E-state index in [1.165, 1.54) is 30.3 Å². The van der Waals surface area contributed by atoms with Crippen LogP contribution in [-0.4, -0.2) is 29.8 Å². The lowest BCUT2D eigenvalue weighted by molar-refractivity contribution is -0.126. The van der Waals surface area contributed by atoms with Crippen molar-refractivity contribution in [2.45, 2.75) is 18.9 Å². The van der Waals surface area contributed by atoms with E-state index in [1.54, 1.807) is 23.1 Å². The minimum Gasteiger partial charge on any atom is -0.352 e. The Morgan fingerprint density at radius 1 is 0.875 bits per heavy atom. The number of amides is 2. The van der Waals surface area contributed by atoms with Crippen LogP contribution in [-0.2, 0) is 11.3 Å². The maximum Gasteiger partial charge on any atom is 0.253 e. The van der Waals surface area contributed by atoms with Gasteiger partial charge in [0.15, 0.2) is 0 Å². The molecule has 0 radical (unpaired) electrons. The molecule has 2 atom stereocenters. The van der Waals surface area contributed by atoms with Gasteiger partial charge in [0.25, 0.3) is 5.91 Å². The molecule has 164 valence electrons. The highest BCUT2D eigenvalue weighted by atomic mass is 19.1. The molecule has 3 aromatic carbocycles. The Kier molecular flexibility index (Phi) is 6.59. The van der Waals surface area contributed by atoms with E-state index >= 15 is 0 Å². The van der Waals surface area contributed by atoms with Crippen molar-refractivity contribution in [3.8, 4) is 0 Å². The van der Waals surface area contributed by atoms with E-state index in [0.29, 0.717) is 18.5 Å². The predicted molar refractivity (Wildman–Crippen MR) is 118 cm³/mol. The third-order valence-electron chi connectivity index (χ3n) is 5.81. The Bertz CT molecular complexity index is 1100. The summed E-state index contributed by atoms with van der Waals surface area (Å²) in [7, 11) is 0. The van der Waals surface area contributed by atoms with Crippen LogP contribution in [0.15, 0.2) is 78.9 Å². The molecular weight excluding hydrogens is 410 g/mol. The van der Waals surface area contributed by atoms with Gasteiger partial charge in [-0.05, 0) is 47.9 Å². The van der Waals surface area contributed by atoms with Gasteiger partial charge in [0.1, 0.15) is 11.6 Å². The topological polar surface area (TPSA) is 49.4 Å². The fourth-order valence-electron chi connectivity index (χ4n) is 4.21. The van der Waals surface area contributed by atoms with E-state index in [4.69, 9.17) is 0 Å². The molecule has 1 aliphatic rings. The lowest BCUT2D eigenvalue weighted by atomic mass is 9.83. The molecule has 1 N–H and O–H groups in total. The summed E-state index contributed by atoms with van der Waals surface area (Å²) in [5.41, 5.74) is 1.98. The number of piperidine rings is 1. The van der Waals surface area contributed by atoms with E-state index in [9.17, 15) is 18.4 Å². The van der Waals surface area contributed by atoms with Gasteiger partial charge in [0.05, 0.1) is 5.92 Å². The van der Waals surface area contributed by atoms with Crippen molar-refractivity contribution in [3.63, 3.8) is 0 Å². The Balaban J connectivity index is 1.52. The molecule has 1 fully saturated rings. The molecule has 6 heteroatoms. The van der Waals surface area contributed by atoms with Crippen LogP contribution in [0.3, 0.4) is 0 Å². The second kappa shape index (κ2) is 9.73. The molecule has 0 unspecified atom stereocenters. The Labute approximate surface area is 185 Å². The number of nitrogens with one attached hydrogen (secondary N) is 1. The zero-order chi connectivity index (χ0) is 22.5. The van der Waals surface area contributed by atoms with Crippen LogP contribution in [0.2, 0.25) is 0 Å². The van der Waals surface area contributed by atoms with Crippen LogP contribution in [0.4, 0.5) is 8.78 Å². The quantitative estimate of drug-likeness (QED) is 0.642. The number of hydrogen-bond acceptors (Lipinski definition) is 2. The third-order valence-corrected chi connectivity index (χ3v) is 5.81. The van der Waals surface area contributed by atoms with Gasteiger partial charge in [0, 0.05) is 31.1 Å². The van der Waals surface area contributed by atoms with Crippen molar-refractivity contribution in [2.24, 2.45) is 5.92 Å². The Hall–Kier alpha value is -3.54. The van der Waals surface area contributed by atoms with Gasteiger partial charge in [-0.25, -0.2) is 8.78 Å². The van der Waals surface area contributed by atoms with Crippen LogP contribution < -0.4 is 5.32 Å². The number of halogens is 2. The molecule has 3 aromatic rings. The summed E-state index contributed by atoms with van der Waals surface area (Å²) in [4.78, 5) is 27.7. The maximum absolute atomic E-state index is 13.7. The van der Waals surface area contributed by atoms with Crippen molar-refractivity contribution in [1.82, 2.24) is 10.2 Å². The van der Waals surface area contributed by atoms with E-state index in [2.05, 4.69) is 5.32 Å². The summed E-state index contributed by atoms with van der Waals surface area (Å²) in [5.74, 6) is -1.77. The normalized spacial score (nSPS) is 18.2. The molecule has 4 nitrogen and oxygen atoms in total. The van der Waals surface area contributed by atoms with Crippen LogP contribution in [0, 0.1) is 17.6 Å². The predicted octanol–water partition coefficient (Wildman–Crippen LogP) is 4.53. The van der Waals surface area contributed by atoms with Crippen molar-refractivity contribution in [3.05, 3.63) is 107 Å². The van der Waals surface area contributed by atoms with Crippen molar-refractivity contribution < 1.29 is 18.4 Å². The van der Waals surface area contributed by atoms with Crippen LogP contribution in [0.25, 0.3) is 0 Å². The highest BCUT2D eigenvalue weighted by Gasteiger charge is 2.34. The lowest BCUT2D eigenvalue weighted by Gasteiger charge is -2.37. The average Bonchev–Trinajstić information content (AvgIpc) is 2.82. The van der Waals surface area contributed by atoms with Crippen molar-refractivity contribution in [2.75, 3.05) is 13.1 Å². The first-order chi connectivity index (χ1) is 15.5. The summed E-state index contributed by atoms with van der Waals surface area (Å²) in [6.07, 6.45) is 0.589. The second-order valence-electron chi connectivity index (χ2n) is 8.11. The summed E-state index contributed by atoms with van der Waals surface area (Å²) < 4.78 is 27.1. The van der Waals surface area contributed by atoms with Gasteiger partial charge >= 0.3 is 0 Å². The fourth-order valence-corrected chi connectivity index (χ4v) is 4.21. The number of rotatable bonds is 5. The van der Waals surface area contributed by atoms with Gasteiger partial charge in [-0.3, -0.25) is 9.59 Å². The van der Waals surface area contributed by atoms with Gasteiger partial charge in [0.2, 0.25) is 5.91 Å². The zero-order valence-corrected chi connectivity index (χ0v) is 17.5. The maximum atomic E-state index is 13.7. The van der Waals surface area contributed by atoms with E-state index < -0.39 is 11.7 Å². The number of hydrogen-bond donors (Lipinski definition) is 1. The molecule has 0 aromatic heterocycles. The van der Waals surface area contributed by atoms with Gasteiger partial charge < -0.3 is 10.2 Å². The van der Waals surface area contributed by atoms with Crippen LogP contribution >= 0.6 is 0 Å². The van der Waals surface area contributed by atoms with Crippen LogP contribution in [0.5, 0.6) is 0 Å². The summed E-state index contributed by atoms with van der Waals surface area (Å²) in [6.45, 7) is 0.904. The molecule has 0 aliphatic carbocycles. The summed E-state index contributed by atoms with van der Waals surface area (Å²) >= 11 is 0.